The topological polar surface area (TPSA) is 26.3 Å². The number of carbonyl (C=O) groups excluding carboxylic acids is 1. The molecule has 1 rings (SSSR count). The van der Waals surface area contributed by atoms with Crippen molar-refractivity contribution in [3.8, 4) is 0 Å². The molecule has 0 atom stereocenters. The van der Waals surface area contributed by atoms with Crippen molar-refractivity contribution in [2.75, 3.05) is 7.11 Å². The quantitative estimate of drug-likeness (QED) is 0.593. The summed E-state index contributed by atoms with van der Waals surface area (Å²) in [5.41, 5.74) is 1.30. The van der Waals surface area contributed by atoms with Crippen LogP contribution in [0.15, 0.2) is 24.3 Å². The van der Waals surface area contributed by atoms with Crippen molar-refractivity contribution in [2.45, 2.75) is 38.9 Å². The number of benzene rings is 1. The van der Waals surface area contributed by atoms with Gasteiger partial charge in [0.1, 0.15) is 0 Å². The van der Waals surface area contributed by atoms with Crippen molar-refractivity contribution in [1.29, 1.82) is 0 Å². The van der Waals surface area contributed by atoms with Crippen LogP contribution in [-0.4, -0.2) is 21.2 Å². The van der Waals surface area contributed by atoms with Crippen LogP contribution in [0.25, 0.3) is 0 Å². The van der Waals surface area contributed by atoms with Crippen LogP contribution in [0.3, 0.4) is 0 Å². The molecular weight excluding hydrogens is 228 g/mol. The van der Waals surface area contributed by atoms with Gasteiger partial charge in [-0.05, 0) is 18.4 Å². The standard InChI is InChI=1S/C14H22O2Si/c1-16-14(15)7-5-6-12-8-10-13(11-9-12)17(2,3)4/h8-11H,5-7H2,1-4H3. The van der Waals surface area contributed by atoms with E-state index in [-0.39, 0.29) is 5.97 Å². The van der Waals surface area contributed by atoms with E-state index in [1.807, 2.05) is 0 Å². The van der Waals surface area contributed by atoms with E-state index >= 15 is 0 Å². The fourth-order valence-electron chi connectivity index (χ4n) is 1.71. The zero-order valence-electron chi connectivity index (χ0n) is 11.2. The molecule has 0 aliphatic heterocycles. The van der Waals surface area contributed by atoms with E-state index in [9.17, 15) is 4.79 Å². The first-order valence-electron chi connectivity index (χ1n) is 6.09. The molecular formula is C14H22O2Si. The summed E-state index contributed by atoms with van der Waals surface area (Å²) in [6.45, 7) is 7.04. The molecule has 0 unspecified atom stereocenters. The highest BCUT2D eigenvalue weighted by Gasteiger charge is 2.15. The van der Waals surface area contributed by atoms with Crippen molar-refractivity contribution in [3.63, 3.8) is 0 Å². The third-order valence-corrected chi connectivity index (χ3v) is 4.96. The monoisotopic (exact) mass is 250 g/mol. The summed E-state index contributed by atoms with van der Waals surface area (Å²) in [5.74, 6) is -0.122. The van der Waals surface area contributed by atoms with Gasteiger partial charge < -0.3 is 4.74 Å². The van der Waals surface area contributed by atoms with Crippen LogP contribution in [0.2, 0.25) is 19.6 Å². The Morgan fingerprint density at radius 2 is 1.76 bits per heavy atom. The van der Waals surface area contributed by atoms with E-state index in [2.05, 4.69) is 48.6 Å². The maximum absolute atomic E-state index is 11.0. The van der Waals surface area contributed by atoms with Crippen molar-refractivity contribution < 1.29 is 9.53 Å². The average molecular weight is 250 g/mol. The van der Waals surface area contributed by atoms with Gasteiger partial charge in [-0.25, -0.2) is 0 Å². The Morgan fingerprint density at radius 3 is 2.24 bits per heavy atom. The molecule has 0 radical (unpaired) electrons. The summed E-state index contributed by atoms with van der Waals surface area (Å²) in [6.07, 6.45) is 2.31. The van der Waals surface area contributed by atoms with Crippen molar-refractivity contribution in [1.82, 2.24) is 0 Å². The van der Waals surface area contributed by atoms with Crippen LogP contribution >= 0.6 is 0 Å². The predicted octanol–water partition coefficient (Wildman–Crippen LogP) is 2.73. The molecule has 0 spiro atoms. The molecule has 0 aromatic heterocycles. The van der Waals surface area contributed by atoms with E-state index in [4.69, 9.17) is 0 Å². The molecule has 0 fully saturated rings. The fourth-order valence-corrected chi connectivity index (χ4v) is 2.88. The molecule has 0 aliphatic rings. The third-order valence-electron chi connectivity index (χ3n) is 2.89. The molecule has 0 bridgehead atoms. The van der Waals surface area contributed by atoms with Gasteiger partial charge in [0.05, 0.1) is 15.2 Å². The summed E-state index contributed by atoms with van der Waals surface area (Å²) in [4.78, 5) is 11.0. The van der Waals surface area contributed by atoms with Crippen LogP contribution in [0.4, 0.5) is 0 Å². The van der Waals surface area contributed by atoms with E-state index in [0.717, 1.165) is 12.8 Å². The molecule has 0 heterocycles. The van der Waals surface area contributed by atoms with Crippen LogP contribution in [0, 0.1) is 0 Å². The molecule has 0 saturated heterocycles. The zero-order valence-corrected chi connectivity index (χ0v) is 12.2. The van der Waals surface area contributed by atoms with Gasteiger partial charge in [-0.2, -0.15) is 0 Å². The Morgan fingerprint density at radius 1 is 1.18 bits per heavy atom. The van der Waals surface area contributed by atoms with Crippen LogP contribution in [-0.2, 0) is 16.0 Å². The Bertz CT molecular complexity index is 363. The van der Waals surface area contributed by atoms with Gasteiger partial charge in [-0.3, -0.25) is 4.79 Å². The Kier molecular flexibility index (Phi) is 4.94. The molecule has 2 nitrogen and oxygen atoms in total. The second kappa shape index (κ2) is 6.01. The van der Waals surface area contributed by atoms with Crippen molar-refractivity contribution in [2.24, 2.45) is 0 Å². The minimum absolute atomic E-state index is 0.122. The van der Waals surface area contributed by atoms with Crippen molar-refractivity contribution >= 4 is 19.2 Å². The van der Waals surface area contributed by atoms with Gasteiger partial charge in [-0.15, -0.1) is 0 Å². The minimum Gasteiger partial charge on any atom is -0.469 e. The van der Waals surface area contributed by atoms with E-state index in [1.165, 1.54) is 17.9 Å². The third kappa shape index (κ3) is 4.73. The lowest BCUT2D eigenvalue weighted by Gasteiger charge is -2.16. The number of hydrogen-bond acceptors (Lipinski definition) is 2. The lowest BCUT2D eigenvalue weighted by atomic mass is 10.1. The highest BCUT2D eigenvalue weighted by Crippen LogP contribution is 2.07. The minimum atomic E-state index is -1.19. The van der Waals surface area contributed by atoms with Gasteiger partial charge in [0.2, 0.25) is 0 Å². The maximum Gasteiger partial charge on any atom is 0.305 e. The van der Waals surface area contributed by atoms with Crippen LogP contribution in [0.5, 0.6) is 0 Å². The largest absolute Gasteiger partial charge is 0.469 e. The number of aryl methyl sites for hydroxylation is 1. The van der Waals surface area contributed by atoms with E-state index < -0.39 is 8.07 Å². The summed E-state index contributed by atoms with van der Waals surface area (Å²) in [7, 11) is 0.250. The molecule has 1 aromatic carbocycles. The lowest BCUT2D eigenvalue weighted by Crippen LogP contribution is -2.37. The number of ether oxygens (including phenoxy) is 1. The van der Waals surface area contributed by atoms with Gasteiger partial charge in [0.25, 0.3) is 0 Å². The Hall–Kier alpha value is -1.09. The number of methoxy groups -OCH3 is 1. The molecule has 17 heavy (non-hydrogen) atoms. The first kappa shape index (κ1) is 14.0. The highest BCUT2D eigenvalue weighted by molar-refractivity contribution is 6.88. The first-order chi connectivity index (χ1) is 7.93. The second-order valence-electron chi connectivity index (χ2n) is 5.38. The van der Waals surface area contributed by atoms with Crippen molar-refractivity contribution in [3.05, 3.63) is 29.8 Å². The Balaban J connectivity index is 2.49. The predicted molar refractivity (Wildman–Crippen MR) is 74.4 cm³/mol. The lowest BCUT2D eigenvalue weighted by molar-refractivity contribution is -0.140. The van der Waals surface area contributed by atoms with Gasteiger partial charge in [0.15, 0.2) is 0 Å². The number of rotatable bonds is 5. The summed E-state index contributed by atoms with van der Waals surface area (Å²) in [5, 5.41) is 1.48. The average Bonchev–Trinajstić information content (AvgIpc) is 2.28. The summed E-state index contributed by atoms with van der Waals surface area (Å²) < 4.78 is 4.62. The molecule has 1 aromatic rings. The highest BCUT2D eigenvalue weighted by atomic mass is 28.3. The first-order valence-corrected chi connectivity index (χ1v) is 9.59. The normalized spacial score (nSPS) is 11.3. The van der Waals surface area contributed by atoms with Gasteiger partial charge in [0, 0.05) is 6.42 Å². The number of esters is 1. The second-order valence-corrected chi connectivity index (χ2v) is 10.5. The zero-order chi connectivity index (χ0) is 12.9. The molecule has 94 valence electrons. The molecule has 0 N–H and O–H groups in total. The van der Waals surface area contributed by atoms with Gasteiger partial charge in [-0.1, -0.05) is 49.1 Å². The SMILES string of the molecule is COC(=O)CCCc1ccc([Si](C)(C)C)cc1. The maximum atomic E-state index is 11.0. The van der Waals surface area contributed by atoms with E-state index in [0.29, 0.717) is 6.42 Å². The number of hydrogen-bond donors (Lipinski definition) is 0. The molecule has 3 heteroatoms. The number of carbonyl (C=O) groups is 1. The van der Waals surface area contributed by atoms with Crippen LogP contribution < -0.4 is 5.19 Å². The summed E-state index contributed by atoms with van der Waals surface area (Å²) >= 11 is 0. The molecule has 0 aliphatic carbocycles. The molecule has 0 amide bonds. The van der Waals surface area contributed by atoms with E-state index in [1.54, 1.807) is 0 Å². The molecule has 0 saturated carbocycles. The van der Waals surface area contributed by atoms with Crippen LogP contribution in [0.1, 0.15) is 18.4 Å². The fraction of sp³-hybridized carbons (Fsp3) is 0.500. The Labute approximate surface area is 105 Å². The summed E-state index contributed by atoms with van der Waals surface area (Å²) in [6, 6.07) is 8.84. The smallest absolute Gasteiger partial charge is 0.305 e. The van der Waals surface area contributed by atoms with Gasteiger partial charge >= 0.3 is 5.97 Å².